The number of aromatic nitrogens is 1. The van der Waals surface area contributed by atoms with Crippen molar-refractivity contribution in [1.82, 2.24) is 4.98 Å². The molecule has 0 amide bonds. The van der Waals surface area contributed by atoms with E-state index >= 15 is 0 Å². The van der Waals surface area contributed by atoms with Crippen molar-refractivity contribution in [2.24, 2.45) is 0 Å². The lowest BCUT2D eigenvalue weighted by Crippen LogP contribution is -2.00. The Labute approximate surface area is 110 Å². The molecule has 94 valence electrons. The molecule has 0 aliphatic rings. The number of para-hydroxylation sites is 1. The number of benzene rings is 2. The van der Waals surface area contributed by atoms with Gasteiger partial charge < -0.3 is 9.72 Å². The molecule has 0 saturated carbocycles. The van der Waals surface area contributed by atoms with Crippen LogP contribution in [0.25, 0.3) is 22.0 Å². The highest BCUT2D eigenvalue weighted by atomic mass is 16.5. The lowest BCUT2D eigenvalue weighted by atomic mass is 10.0. The lowest BCUT2D eigenvalue weighted by Gasteiger charge is -2.02. The van der Waals surface area contributed by atoms with Gasteiger partial charge in [-0.25, -0.2) is 4.79 Å². The molecule has 3 nitrogen and oxygen atoms in total. The second-order valence-electron chi connectivity index (χ2n) is 4.32. The van der Waals surface area contributed by atoms with Crippen molar-refractivity contribution in [3.8, 4) is 11.1 Å². The number of fused-ring (bicyclic) bond motifs is 1. The average Bonchev–Trinajstić information content (AvgIpc) is 2.90. The van der Waals surface area contributed by atoms with E-state index in [4.69, 9.17) is 4.74 Å². The molecule has 19 heavy (non-hydrogen) atoms. The zero-order chi connectivity index (χ0) is 13.2. The first-order valence-corrected chi connectivity index (χ1v) is 6.04. The zero-order valence-corrected chi connectivity index (χ0v) is 10.5. The van der Waals surface area contributed by atoms with Crippen LogP contribution in [0.4, 0.5) is 0 Å². The van der Waals surface area contributed by atoms with Gasteiger partial charge in [0.1, 0.15) is 0 Å². The highest BCUT2D eigenvalue weighted by Gasteiger charge is 2.08. The first kappa shape index (κ1) is 11.5. The Morgan fingerprint density at radius 3 is 2.53 bits per heavy atom. The number of hydrogen-bond acceptors (Lipinski definition) is 2. The van der Waals surface area contributed by atoms with Crippen molar-refractivity contribution in [3.05, 3.63) is 60.3 Å². The second-order valence-corrected chi connectivity index (χ2v) is 4.32. The molecule has 0 saturated heterocycles. The fraction of sp³-hybridized carbons (Fsp3) is 0.0625. The first-order valence-electron chi connectivity index (χ1n) is 6.04. The minimum Gasteiger partial charge on any atom is -0.465 e. The maximum atomic E-state index is 11.4. The van der Waals surface area contributed by atoms with E-state index in [2.05, 4.69) is 11.1 Å². The van der Waals surface area contributed by atoms with Crippen LogP contribution in [0.1, 0.15) is 10.4 Å². The molecule has 3 aromatic rings. The summed E-state index contributed by atoms with van der Waals surface area (Å²) in [7, 11) is 1.38. The van der Waals surface area contributed by atoms with Gasteiger partial charge in [-0.15, -0.1) is 0 Å². The largest absolute Gasteiger partial charge is 0.465 e. The molecule has 0 bridgehead atoms. The lowest BCUT2D eigenvalue weighted by molar-refractivity contribution is 0.0601. The van der Waals surface area contributed by atoms with Gasteiger partial charge in [0.25, 0.3) is 0 Å². The highest BCUT2D eigenvalue weighted by Crippen LogP contribution is 2.28. The summed E-state index contributed by atoms with van der Waals surface area (Å²) in [6.45, 7) is 0. The summed E-state index contributed by atoms with van der Waals surface area (Å²) in [6, 6.07) is 15.6. The van der Waals surface area contributed by atoms with Crippen LogP contribution in [0.3, 0.4) is 0 Å². The maximum absolute atomic E-state index is 11.4. The van der Waals surface area contributed by atoms with Crippen LogP contribution in [0.15, 0.2) is 54.7 Å². The van der Waals surface area contributed by atoms with Crippen molar-refractivity contribution in [2.45, 2.75) is 0 Å². The number of carbonyl (C=O) groups is 1. The number of rotatable bonds is 2. The SMILES string of the molecule is COC(=O)c1ccc(-c2c[nH]c3ccccc23)cc1. The fourth-order valence-electron chi connectivity index (χ4n) is 2.21. The van der Waals surface area contributed by atoms with E-state index in [1.165, 1.54) is 12.5 Å². The Hall–Kier alpha value is -2.55. The number of H-pyrrole nitrogens is 1. The van der Waals surface area contributed by atoms with Gasteiger partial charge in [0.2, 0.25) is 0 Å². The fourth-order valence-corrected chi connectivity index (χ4v) is 2.21. The van der Waals surface area contributed by atoms with Gasteiger partial charge in [0, 0.05) is 22.7 Å². The second kappa shape index (κ2) is 4.61. The molecule has 2 aromatic carbocycles. The highest BCUT2D eigenvalue weighted by molar-refractivity contribution is 5.96. The molecule has 0 atom stereocenters. The topological polar surface area (TPSA) is 42.1 Å². The Balaban J connectivity index is 2.05. The van der Waals surface area contributed by atoms with E-state index in [0.717, 1.165) is 16.6 Å². The smallest absolute Gasteiger partial charge is 0.337 e. The summed E-state index contributed by atoms with van der Waals surface area (Å²) in [5, 5.41) is 1.17. The maximum Gasteiger partial charge on any atom is 0.337 e. The summed E-state index contributed by atoms with van der Waals surface area (Å²) < 4.78 is 4.69. The Morgan fingerprint density at radius 1 is 1.05 bits per heavy atom. The summed E-state index contributed by atoms with van der Waals surface area (Å²) in [5.41, 5.74) is 3.87. The van der Waals surface area contributed by atoms with E-state index in [-0.39, 0.29) is 5.97 Å². The molecule has 1 heterocycles. The average molecular weight is 251 g/mol. The number of ether oxygens (including phenoxy) is 1. The van der Waals surface area contributed by atoms with Crippen LogP contribution in [0, 0.1) is 0 Å². The normalized spacial score (nSPS) is 10.6. The molecular weight excluding hydrogens is 238 g/mol. The van der Waals surface area contributed by atoms with Gasteiger partial charge in [0.15, 0.2) is 0 Å². The monoisotopic (exact) mass is 251 g/mol. The number of aromatic amines is 1. The molecule has 1 N–H and O–H groups in total. The van der Waals surface area contributed by atoms with E-state index in [1.54, 1.807) is 12.1 Å². The third kappa shape index (κ3) is 1.99. The molecular formula is C16H13NO2. The summed E-state index contributed by atoms with van der Waals surface area (Å²) >= 11 is 0. The molecule has 3 rings (SSSR count). The molecule has 0 spiro atoms. The third-order valence-electron chi connectivity index (χ3n) is 3.21. The van der Waals surface area contributed by atoms with Crippen molar-refractivity contribution in [3.63, 3.8) is 0 Å². The first-order chi connectivity index (χ1) is 9.29. The van der Waals surface area contributed by atoms with E-state index in [9.17, 15) is 4.79 Å². The number of methoxy groups -OCH3 is 1. The van der Waals surface area contributed by atoms with Crippen LogP contribution in [0.5, 0.6) is 0 Å². The Bertz CT molecular complexity index is 726. The van der Waals surface area contributed by atoms with Crippen molar-refractivity contribution >= 4 is 16.9 Å². The number of hydrogen-bond donors (Lipinski definition) is 1. The molecule has 3 heteroatoms. The van der Waals surface area contributed by atoms with Crippen LogP contribution in [-0.2, 0) is 4.74 Å². The van der Waals surface area contributed by atoms with Crippen molar-refractivity contribution in [1.29, 1.82) is 0 Å². The quantitative estimate of drug-likeness (QED) is 0.707. The van der Waals surface area contributed by atoms with E-state index in [0.29, 0.717) is 5.56 Å². The van der Waals surface area contributed by atoms with Crippen molar-refractivity contribution < 1.29 is 9.53 Å². The zero-order valence-electron chi connectivity index (χ0n) is 10.5. The van der Waals surface area contributed by atoms with E-state index < -0.39 is 0 Å². The predicted octanol–water partition coefficient (Wildman–Crippen LogP) is 3.62. The molecule has 0 unspecified atom stereocenters. The van der Waals surface area contributed by atoms with Gasteiger partial charge in [-0.1, -0.05) is 30.3 Å². The van der Waals surface area contributed by atoms with Crippen LogP contribution in [0.2, 0.25) is 0 Å². The van der Waals surface area contributed by atoms with Gasteiger partial charge in [-0.2, -0.15) is 0 Å². The summed E-state index contributed by atoms with van der Waals surface area (Å²) in [6.07, 6.45) is 1.98. The van der Waals surface area contributed by atoms with E-state index in [1.807, 2.05) is 36.5 Å². The third-order valence-corrected chi connectivity index (χ3v) is 3.21. The summed E-state index contributed by atoms with van der Waals surface area (Å²) in [4.78, 5) is 14.6. The molecule has 1 aromatic heterocycles. The Kier molecular flexibility index (Phi) is 2.80. The van der Waals surface area contributed by atoms with Gasteiger partial charge in [-0.05, 0) is 23.8 Å². The number of carbonyl (C=O) groups excluding carboxylic acids is 1. The Morgan fingerprint density at radius 2 is 1.79 bits per heavy atom. The van der Waals surface area contributed by atoms with Crippen LogP contribution >= 0.6 is 0 Å². The van der Waals surface area contributed by atoms with Gasteiger partial charge in [-0.3, -0.25) is 0 Å². The predicted molar refractivity (Wildman–Crippen MR) is 75.1 cm³/mol. The van der Waals surface area contributed by atoms with Gasteiger partial charge >= 0.3 is 5.97 Å². The number of esters is 1. The molecule has 0 aliphatic heterocycles. The van der Waals surface area contributed by atoms with Gasteiger partial charge in [0.05, 0.1) is 12.7 Å². The molecule has 0 aliphatic carbocycles. The van der Waals surface area contributed by atoms with Crippen molar-refractivity contribution in [2.75, 3.05) is 7.11 Å². The van der Waals surface area contributed by atoms with Crippen LogP contribution in [-0.4, -0.2) is 18.1 Å². The minimum atomic E-state index is -0.314. The number of nitrogens with one attached hydrogen (secondary N) is 1. The molecule has 0 radical (unpaired) electrons. The molecule has 0 fully saturated rings. The van der Waals surface area contributed by atoms with Crippen LogP contribution < -0.4 is 0 Å². The standard InChI is InChI=1S/C16H13NO2/c1-19-16(18)12-8-6-11(7-9-12)14-10-17-15-5-3-2-4-13(14)15/h2-10,17H,1H3. The minimum absolute atomic E-state index is 0.314. The summed E-state index contributed by atoms with van der Waals surface area (Å²) in [5.74, 6) is -0.314.